The van der Waals surface area contributed by atoms with Crippen LogP contribution in [0.25, 0.3) is 0 Å². The Morgan fingerprint density at radius 1 is 1.28 bits per heavy atom. The Bertz CT molecular complexity index is 815. The molecule has 1 unspecified atom stereocenters. The van der Waals surface area contributed by atoms with Crippen molar-refractivity contribution in [1.29, 1.82) is 0 Å². The number of aliphatic carboxylic acids is 1. The highest BCUT2D eigenvalue weighted by Gasteiger charge is 2.46. The van der Waals surface area contributed by atoms with Crippen molar-refractivity contribution < 1.29 is 19.1 Å². The number of amides is 1. The van der Waals surface area contributed by atoms with Crippen molar-refractivity contribution in [3.8, 4) is 0 Å². The molecule has 1 aromatic carbocycles. The van der Waals surface area contributed by atoms with Crippen molar-refractivity contribution in [2.24, 2.45) is 0 Å². The molecule has 1 atom stereocenters. The molecule has 1 aromatic heterocycles. The van der Waals surface area contributed by atoms with Gasteiger partial charge in [0, 0.05) is 24.2 Å². The number of nitrogens with zero attached hydrogens (tertiary/aromatic N) is 3. The van der Waals surface area contributed by atoms with Gasteiger partial charge in [0.05, 0.1) is 18.8 Å². The fourth-order valence-electron chi connectivity index (χ4n) is 3.06. The average molecular weight is 345 g/mol. The molecule has 1 fully saturated rings. The van der Waals surface area contributed by atoms with Crippen molar-refractivity contribution in [1.82, 2.24) is 14.7 Å². The number of hydrogen-bond acceptors (Lipinski definition) is 3. The molecule has 2 aromatic rings. The molecule has 132 valence electrons. The highest BCUT2D eigenvalue weighted by Crippen LogP contribution is 2.27. The van der Waals surface area contributed by atoms with Crippen molar-refractivity contribution >= 4 is 11.9 Å². The summed E-state index contributed by atoms with van der Waals surface area (Å²) >= 11 is 0. The molecule has 1 amide bonds. The first-order valence-electron chi connectivity index (χ1n) is 8.10. The summed E-state index contributed by atoms with van der Waals surface area (Å²) in [5, 5.41) is 13.3. The predicted molar refractivity (Wildman–Crippen MR) is 89.2 cm³/mol. The lowest BCUT2D eigenvalue weighted by Crippen LogP contribution is -2.38. The summed E-state index contributed by atoms with van der Waals surface area (Å²) in [6.45, 7) is 4.22. The zero-order chi connectivity index (χ0) is 18.2. The van der Waals surface area contributed by atoms with Crippen molar-refractivity contribution in [3.63, 3.8) is 0 Å². The van der Waals surface area contributed by atoms with E-state index in [0.29, 0.717) is 12.1 Å². The maximum Gasteiger partial charge on any atom is 0.343 e. The molecule has 0 saturated carbocycles. The quantitative estimate of drug-likeness (QED) is 0.922. The number of alkyl halides is 1. The van der Waals surface area contributed by atoms with Gasteiger partial charge < -0.3 is 10.0 Å². The fraction of sp³-hybridized carbons (Fsp3) is 0.389. The number of rotatable bonds is 4. The van der Waals surface area contributed by atoms with E-state index in [9.17, 15) is 14.0 Å². The summed E-state index contributed by atoms with van der Waals surface area (Å²) in [5.41, 5.74) is 1.08. The monoisotopic (exact) mass is 345 g/mol. The third-order valence-corrected chi connectivity index (χ3v) is 4.53. The summed E-state index contributed by atoms with van der Waals surface area (Å²) in [6.07, 6.45) is -0.177. The lowest BCUT2D eigenvalue weighted by molar-refractivity contribution is -0.149. The van der Waals surface area contributed by atoms with Crippen LogP contribution in [0.2, 0.25) is 0 Å². The van der Waals surface area contributed by atoms with E-state index in [2.05, 4.69) is 5.10 Å². The summed E-state index contributed by atoms with van der Waals surface area (Å²) in [4.78, 5) is 24.6. The molecule has 1 N–H and O–H groups in total. The number of likely N-dealkylation sites (tertiary alicyclic amines) is 1. The highest BCUT2D eigenvalue weighted by molar-refractivity contribution is 5.95. The summed E-state index contributed by atoms with van der Waals surface area (Å²) in [5.74, 6) is -1.86. The van der Waals surface area contributed by atoms with Crippen LogP contribution < -0.4 is 0 Å². The zero-order valence-electron chi connectivity index (χ0n) is 14.2. The van der Waals surface area contributed by atoms with E-state index in [-0.39, 0.29) is 18.9 Å². The van der Waals surface area contributed by atoms with Crippen LogP contribution in [-0.2, 0) is 11.3 Å². The predicted octanol–water partition coefficient (Wildman–Crippen LogP) is 2.19. The number of benzene rings is 1. The minimum Gasteiger partial charge on any atom is -0.479 e. The number of carbonyl (C=O) groups is 2. The Labute approximate surface area is 144 Å². The molecule has 1 saturated heterocycles. The molecule has 2 heterocycles. The number of carboxylic acids is 1. The largest absolute Gasteiger partial charge is 0.479 e. The Kier molecular flexibility index (Phi) is 4.32. The highest BCUT2D eigenvalue weighted by atomic mass is 19.1. The number of carboxylic acid groups (broad SMARTS) is 1. The first-order chi connectivity index (χ1) is 11.8. The van der Waals surface area contributed by atoms with Gasteiger partial charge in [0.1, 0.15) is 0 Å². The van der Waals surface area contributed by atoms with E-state index in [1.165, 1.54) is 4.90 Å². The Morgan fingerprint density at radius 3 is 2.48 bits per heavy atom. The second-order valence-corrected chi connectivity index (χ2v) is 6.53. The zero-order valence-corrected chi connectivity index (χ0v) is 14.2. The van der Waals surface area contributed by atoms with Gasteiger partial charge >= 0.3 is 5.97 Å². The standard InChI is InChI=1S/C18H20FN3O3/c1-12-9-13(2)22(20-12)10-14-3-5-15(6-4-14)16(23)21-8-7-18(19,11-21)17(24)25/h3-6,9H,7-8,10-11H2,1-2H3,(H,24,25). The maximum atomic E-state index is 14.1. The van der Waals surface area contributed by atoms with Crippen LogP contribution in [0, 0.1) is 13.8 Å². The van der Waals surface area contributed by atoms with Crippen LogP contribution in [0.4, 0.5) is 4.39 Å². The van der Waals surface area contributed by atoms with Gasteiger partial charge in [0.15, 0.2) is 0 Å². The molecule has 0 bridgehead atoms. The van der Waals surface area contributed by atoms with E-state index in [1.807, 2.05) is 36.7 Å². The van der Waals surface area contributed by atoms with Gasteiger partial charge in [-0.3, -0.25) is 9.48 Å². The molecule has 6 nitrogen and oxygen atoms in total. The van der Waals surface area contributed by atoms with Crippen LogP contribution >= 0.6 is 0 Å². The van der Waals surface area contributed by atoms with Gasteiger partial charge in [0.25, 0.3) is 5.91 Å². The molecule has 0 radical (unpaired) electrons. The second-order valence-electron chi connectivity index (χ2n) is 6.53. The average Bonchev–Trinajstić information content (AvgIpc) is 3.11. The molecule has 3 rings (SSSR count). The van der Waals surface area contributed by atoms with E-state index in [1.54, 1.807) is 12.1 Å². The van der Waals surface area contributed by atoms with Crippen molar-refractivity contribution in [2.75, 3.05) is 13.1 Å². The molecule has 7 heteroatoms. The second kappa shape index (κ2) is 6.31. The number of hydrogen-bond donors (Lipinski definition) is 1. The van der Waals surface area contributed by atoms with Crippen LogP contribution in [0.15, 0.2) is 30.3 Å². The van der Waals surface area contributed by atoms with Crippen LogP contribution in [-0.4, -0.2) is 50.4 Å². The number of carbonyl (C=O) groups excluding carboxylic acids is 1. The van der Waals surface area contributed by atoms with Crippen LogP contribution in [0.1, 0.15) is 33.7 Å². The SMILES string of the molecule is Cc1cc(C)n(Cc2ccc(C(=O)N3CCC(F)(C(=O)O)C3)cc2)n1. The lowest BCUT2D eigenvalue weighted by atomic mass is 10.1. The number of halogens is 1. The third-order valence-electron chi connectivity index (χ3n) is 4.53. The van der Waals surface area contributed by atoms with Crippen LogP contribution in [0.3, 0.4) is 0 Å². The maximum absolute atomic E-state index is 14.1. The molecule has 25 heavy (non-hydrogen) atoms. The Morgan fingerprint density at radius 2 is 1.96 bits per heavy atom. The summed E-state index contributed by atoms with van der Waals surface area (Å²) in [6, 6.07) is 9.03. The fourth-order valence-corrected chi connectivity index (χ4v) is 3.06. The first-order valence-corrected chi connectivity index (χ1v) is 8.10. The minimum atomic E-state index is -2.34. The first kappa shape index (κ1) is 17.1. The van der Waals surface area contributed by atoms with Gasteiger partial charge in [-0.2, -0.15) is 5.10 Å². The van der Waals surface area contributed by atoms with E-state index in [0.717, 1.165) is 17.0 Å². The topological polar surface area (TPSA) is 75.4 Å². The number of aryl methyl sites for hydroxylation is 2. The summed E-state index contributed by atoms with van der Waals surface area (Å²) in [7, 11) is 0. The van der Waals surface area contributed by atoms with Gasteiger partial charge in [0.2, 0.25) is 5.67 Å². The Hall–Kier alpha value is -2.70. The third kappa shape index (κ3) is 3.40. The van der Waals surface area contributed by atoms with Crippen molar-refractivity contribution in [3.05, 3.63) is 52.8 Å². The van der Waals surface area contributed by atoms with Gasteiger partial charge in [-0.1, -0.05) is 12.1 Å². The van der Waals surface area contributed by atoms with E-state index in [4.69, 9.17) is 5.11 Å². The van der Waals surface area contributed by atoms with Gasteiger partial charge in [-0.15, -0.1) is 0 Å². The molecular formula is C18H20FN3O3. The number of aromatic nitrogens is 2. The van der Waals surface area contributed by atoms with Gasteiger partial charge in [-0.05, 0) is 37.6 Å². The van der Waals surface area contributed by atoms with Gasteiger partial charge in [-0.25, -0.2) is 9.18 Å². The van der Waals surface area contributed by atoms with Crippen molar-refractivity contribution in [2.45, 2.75) is 32.5 Å². The minimum absolute atomic E-state index is 0.106. The van der Waals surface area contributed by atoms with E-state index >= 15 is 0 Å². The molecular weight excluding hydrogens is 325 g/mol. The smallest absolute Gasteiger partial charge is 0.343 e. The summed E-state index contributed by atoms with van der Waals surface area (Å²) < 4.78 is 16.0. The molecule has 0 spiro atoms. The van der Waals surface area contributed by atoms with E-state index < -0.39 is 18.2 Å². The van der Waals surface area contributed by atoms with Crippen LogP contribution in [0.5, 0.6) is 0 Å². The normalized spacial score (nSPS) is 20.0. The molecule has 0 aliphatic carbocycles. The lowest BCUT2D eigenvalue weighted by Gasteiger charge is -2.18. The molecule has 1 aliphatic rings. The molecule has 1 aliphatic heterocycles. The Balaban J connectivity index is 1.69.